The van der Waals surface area contributed by atoms with Gasteiger partial charge < -0.3 is 19.5 Å². The first-order valence-electron chi connectivity index (χ1n) is 13.9. The van der Waals surface area contributed by atoms with E-state index in [0.717, 1.165) is 4.80 Å². The number of fused-ring (bicyclic) bond motifs is 1. The van der Waals surface area contributed by atoms with Gasteiger partial charge in [-0.1, -0.05) is 12.1 Å². The third-order valence-electron chi connectivity index (χ3n) is 6.42. The van der Waals surface area contributed by atoms with E-state index in [-0.39, 0.29) is 12.4 Å². The zero-order chi connectivity index (χ0) is 30.6. The highest BCUT2D eigenvalue weighted by Crippen LogP contribution is 2.37. The fourth-order valence-electron chi connectivity index (χ4n) is 4.61. The summed E-state index contributed by atoms with van der Waals surface area (Å²) in [4.78, 5) is 30.7. The minimum Gasteiger partial charge on any atom is -0.494 e. The molecule has 0 saturated carbocycles. The lowest BCUT2D eigenvalue weighted by Gasteiger charge is -2.34. The largest absolute Gasteiger partial charge is 0.494 e. The number of nitrogens with one attached hydrogen (secondary N) is 1. The SMILES string of the molecule is CCOc1ccc([C@@H](C(=O)NC(C)(C)C)N(C(=O)Cn2nnc(-c3ccc(F)cc3)n2)c2ccc3c(c2)OCCO3)cc1. The van der Waals surface area contributed by atoms with E-state index in [1.54, 1.807) is 42.5 Å². The molecule has 43 heavy (non-hydrogen) atoms. The topological polar surface area (TPSA) is 121 Å². The average molecular weight is 589 g/mol. The van der Waals surface area contributed by atoms with Crippen molar-refractivity contribution in [1.29, 1.82) is 0 Å². The van der Waals surface area contributed by atoms with Gasteiger partial charge in [-0.25, -0.2) is 4.39 Å². The zero-order valence-electron chi connectivity index (χ0n) is 24.4. The summed E-state index contributed by atoms with van der Waals surface area (Å²) in [7, 11) is 0. The molecule has 1 N–H and O–H groups in total. The van der Waals surface area contributed by atoms with Crippen LogP contribution in [-0.2, 0) is 16.1 Å². The van der Waals surface area contributed by atoms with Crippen LogP contribution in [0.2, 0.25) is 0 Å². The average Bonchev–Trinajstić information content (AvgIpc) is 3.44. The summed E-state index contributed by atoms with van der Waals surface area (Å²) < 4.78 is 30.5. The number of nitrogens with zero attached hydrogens (tertiary/aromatic N) is 5. The van der Waals surface area contributed by atoms with Crippen LogP contribution in [0.15, 0.2) is 66.7 Å². The lowest BCUT2D eigenvalue weighted by atomic mass is 10.0. The van der Waals surface area contributed by atoms with Gasteiger partial charge in [-0.3, -0.25) is 14.5 Å². The van der Waals surface area contributed by atoms with Gasteiger partial charge in [0.15, 0.2) is 11.5 Å². The van der Waals surface area contributed by atoms with E-state index < -0.39 is 29.2 Å². The molecule has 1 aromatic heterocycles. The Balaban J connectivity index is 1.55. The Labute approximate surface area is 248 Å². The lowest BCUT2D eigenvalue weighted by Crippen LogP contribution is -2.50. The minimum absolute atomic E-state index is 0.229. The van der Waals surface area contributed by atoms with E-state index in [1.807, 2.05) is 27.7 Å². The van der Waals surface area contributed by atoms with Crippen molar-refractivity contribution in [2.75, 3.05) is 24.7 Å². The van der Waals surface area contributed by atoms with E-state index in [0.29, 0.717) is 53.9 Å². The molecule has 12 heteroatoms. The van der Waals surface area contributed by atoms with Gasteiger partial charge in [-0.15, -0.1) is 10.2 Å². The van der Waals surface area contributed by atoms with Crippen molar-refractivity contribution in [3.05, 3.63) is 78.1 Å². The maximum atomic E-state index is 14.2. The van der Waals surface area contributed by atoms with Crippen molar-refractivity contribution in [1.82, 2.24) is 25.5 Å². The molecule has 2 amide bonds. The second-order valence-corrected chi connectivity index (χ2v) is 10.9. The molecular formula is C31H33FN6O5. The van der Waals surface area contributed by atoms with Crippen LogP contribution in [0.25, 0.3) is 11.4 Å². The van der Waals surface area contributed by atoms with Crippen molar-refractivity contribution in [2.24, 2.45) is 0 Å². The van der Waals surface area contributed by atoms with Gasteiger partial charge in [0.05, 0.1) is 6.61 Å². The van der Waals surface area contributed by atoms with E-state index in [2.05, 4.69) is 20.7 Å². The number of hydrogen-bond donors (Lipinski definition) is 1. The van der Waals surface area contributed by atoms with Crippen LogP contribution < -0.4 is 24.4 Å². The predicted octanol–water partition coefficient (Wildman–Crippen LogP) is 4.34. The molecule has 224 valence electrons. The van der Waals surface area contributed by atoms with Crippen molar-refractivity contribution in [3.63, 3.8) is 0 Å². The molecule has 1 aliphatic heterocycles. The standard InChI is InChI=1S/C31H33FN6O5/c1-5-41-24-13-8-20(9-14-24)28(30(40)33-31(2,3)4)38(23-12-15-25-26(18-23)43-17-16-42-25)27(39)19-37-35-29(34-36-37)21-6-10-22(32)11-7-21/h6-15,18,28H,5,16-17,19H2,1-4H3,(H,33,40)/t28-/m0/s1. The third kappa shape index (κ3) is 7.08. The Hall–Kier alpha value is -5.00. The van der Waals surface area contributed by atoms with Crippen molar-refractivity contribution in [3.8, 4) is 28.6 Å². The fourth-order valence-corrected chi connectivity index (χ4v) is 4.61. The van der Waals surface area contributed by atoms with Crippen LogP contribution in [0, 0.1) is 5.82 Å². The van der Waals surface area contributed by atoms with Crippen molar-refractivity contribution >= 4 is 17.5 Å². The number of ether oxygens (including phenoxy) is 3. The molecule has 3 aromatic carbocycles. The van der Waals surface area contributed by atoms with Gasteiger partial charge in [0.2, 0.25) is 11.7 Å². The Morgan fingerprint density at radius 1 is 1.02 bits per heavy atom. The number of benzene rings is 3. The molecule has 2 heterocycles. The normalized spacial score (nSPS) is 13.2. The van der Waals surface area contributed by atoms with E-state index in [9.17, 15) is 14.0 Å². The zero-order valence-corrected chi connectivity index (χ0v) is 24.4. The van der Waals surface area contributed by atoms with Crippen molar-refractivity contribution in [2.45, 2.75) is 45.8 Å². The Kier molecular flexibility index (Phi) is 8.56. The van der Waals surface area contributed by atoms with Crippen molar-refractivity contribution < 1.29 is 28.2 Å². The lowest BCUT2D eigenvalue weighted by molar-refractivity contribution is -0.128. The highest BCUT2D eigenvalue weighted by molar-refractivity contribution is 6.01. The van der Waals surface area contributed by atoms with Gasteiger partial charge in [0.1, 0.15) is 37.4 Å². The number of rotatable bonds is 9. The first-order valence-corrected chi connectivity index (χ1v) is 13.9. The summed E-state index contributed by atoms with van der Waals surface area (Å²) in [5.41, 5.74) is 0.934. The molecule has 4 aromatic rings. The molecule has 11 nitrogen and oxygen atoms in total. The van der Waals surface area contributed by atoms with Crippen LogP contribution in [0.3, 0.4) is 0 Å². The minimum atomic E-state index is -1.08. The number of halogens is 1. The molecule has 1 aliphatic rings. The summed E-state index contributed by atoms with van der Waals surface area (Å²) >= 11 is 0. The smallest absolute Gasteiger partial charge is 0.251 e. The van der Waals surface area contributed by atoms with E-state index >= 15 is 0 Å². The Bertz CT molecular complexity index is 1580. The molecule has 5 rings (SSSR count). The molecule has 0 bridgehead atoms. The molecule has 0 spiro atoms. The summed E-state index contributed by atoms with van der Waals surface area (Å²) in [6.07, 6.45) is 0. The molecule has 0 saturated heterocycles. The Morgan fingerprint density at radius 2 is 1.72 bits per heavy atom. The fraction of sp³-hybridized carbons (Fsp3) is 0.323. The first kappa shape index (κ1) is 29.5. The maximum Gasteiger partial charge on any atom is 0.251 e. The van der Waals surface area contributed by atoms with Crippen LogP contribution in [0.4, 0.5) is 10.1 Å². The van der Waals surface area contributed by atoms with Gasteiger partial charge in [-0.05, 0) is 87.0 Å². The first-order chi connectivity index (χ1) is 20.6. The number of carbonyl (C=O) groups is 2. The molecule has 0 radical (unpaired) electrons. The predicted molar refractivity (Wildman–Crippen MR) is 156 cm³/mol. The summed E-state index contributed by atoms with van der Waals surface area (Å²) in [6.45, 7) is 8.40. The second-order valence-electron chi connectivity index (χ2n) is 10.9. The maximum absolute atomic E-state index is 14.2. The van der Waals surface area contributed by atoms with E-state index in [4.69, 9.17) is 14.2 Å². The third-order valence-corrected chi connectivity index (χ3v) is 6.42. The summed E-state index contributed by atoms with van der Waals surface area (Å²) in [5, 5.41) is 15.4. The van der Waals surface area contributed by atoms with Gasteiger partial charge >= 0.3 is 0 Å². The number of hydrogen-bond acceptors (Lipinski definition) is 8. The number of amides is 2. The monoisotopic (exact) mass is 588 g/mol. The van der Waals surface area contributed by atoms with E-state index in [1.165, 1.54) is 29.2 Å². The number of tetrazole rings is 1. The van der Waals surface area contributed by atoms with Gasteiger partial charge in [-0.2, -0.15) is 4.80 Å². The summed E-state index contributed by atoms with van der Waals surface area (Å²) in [5.74, 6) is 0.601. The molecular weight excluding hydrogens is 555 g/mol. The van der Waals surface area contributed by atoms with Crippen LogP contribution in [0.5, 0.6) is 17.2 Å². The van der Waals surface area contributed by atoms with Crippen LogP contribution >= 0.6 is 0 Å². The highest BCUT2D eigenvalue weighted by Gasteiger charge is 2.35. The van der Waals surface area contributed by atoms with Crippen LogP contribution in [-0.4, -0.2) is 57.4 Å². The molecule has 0 fully saturated rings. The van der Waals surface area contributed by atoms with Gasteiger partial charge in [0, 0.05) is 22.9 Å². The van der Waals surface area contributed by atoms with Crippen LogP contribution in [0.1, 0.15) is 39.3 Å². The molecule has 0 unspecified atom stereocenters. The Morgan fingerprint density at radius 3 is 2.40 bits per heavy atom. The molecule has 0 aliphatic carbocycles. The van der Waals surface area contributed by atoms with Gasteiger partial charge in [0.25, 0.3) is 5.91 Å². The number of anilines is 1. The number of carbonyl (C=O) groups excluding carboxylic acids is 2. The second kappa shape index (κ2) is 12.5. The summed E-state index contributed by atoms with van der Waals surface area (Å²) in [6, 6.07) is 16.7. The quantitative estimate of drug-likeness (QED) is 0.307. The molecule has 1 atom stereocenters. The highest BCUT2D eigenvalue weighted by atomic mass is 19.1. The number of aromatic nitrogens is 4.